The maximum atomic E-state index is 12.0. The SMILES string of the molecule is C[C@H](NC(=O)COC(=O)c1cccc(Cl)c1Cl)c1cc2ccccc2o1. The average Bonchev–Trinajstić information content (AvgIpc) is 3.06. The van der Waals surface area contributed by atoms with Gasteiger partial charge in [-0.05, 0) is 31.2 Å². The minimum atomic E-state index is -0.718. The average molecular weight is 392 g/mol. The molecule has 134 valence electrons. The number of hydrogen-bond donors (Lipinski definition) is 1. The first-order valence-corrected chi connectivity index (χ1v) is 8.60. The summed E-state index contributed by atoms with van der Waals surface area (Å²) < 4.78 is 10.7. The van der Waals surface area contributed by atoms with E-state index in [2.05, 4.69) is 5.32 Å². The van der Waals surface area contributed by atoms with Gasteiger partial charge in [-0.3, -0.25) is 4.79 Å². The lowest BCUT2D eigenvalue weighted by molar-refractivity contribution is -0.125. The van der Waals surface area contributed by atoms with Gasteiger partial charge in [0.2, 0.25) is 0 Å². The van der Waals surface area contributed by atoms with E-state index >= 15 is 0 Å². The smallest absolute Gasteiger partial charge is 0.340 e. The molecule has 3 aromatic rings. The topological polar surface area (TPSA) is 68.5 Å². The number of halogens is 2. The van der Waals surface area contributed by atoms with Gasteiger partial charge in [0.15, 0.2) is 6.61 Å². The lowest BCUT2D eigenvalue weighted by Gasteiger charge is -2.12. The fraction of sp³-hybridized carbons (Fsp3) is 0.158. The molecule has 1 heterocycles. The Labute approximate surface area is 159 Å². The molecule has 0 aliphatic carbocycles. The van der Waals surface area contributed by atoms with Crippen molar-refractivity contribution in [1.29, 1.82) is 0 Å². The number of furan rings is 1. The molecule has 26 heavy (non-hydrogen) atoms. The van der Waals surface area contributed by atoms with Crippen LogP contribution in [0.3, 0.4) is 0 Å². The summed E-state index contributed by atoms with van der Waals surface area (Å²) in [4.78, 5) is 24.1. The Kier molecular flexibility index (Phi) is 5.49. The zero-order valence-corrected chi connectivity index (χ0v) is 15.3. The van der Waals surface area contributed by atoms with Crippen LogP contribution in [0.4, 0.5) is 0 Å². The molecule has 0 spiro atoms. The summed E-state index contributed by atoms with van der Waals surface area (Å²) in [6, 6.07) is 13.7. The van der Waals surface area contributed by atoms with E-state index in [9.17, 15) is 9.59 Å². The van der Waals surface area contributed by atoms with Crippen LogP contribution >= 0.6 is 23.2 Å². The molecule has 0 radical (unpaired) electrons. The quantitative estimate of drug-likeness (QED) is 0.635. The molecule has 1 aromatic heterocycles. The van der Waals surface area contributed by atoms with E-state index in [1.807, 2.05) is 30.3 Å². The Morgan fingerprint density at radius 2 is 1.92 bits per heavy atom. The summed E-state index contributed by atoms with van der Waals surface area (Å²) in [5.41, 5.74) is 0.850. The molecular weight excluding hydrogens is 377 g/mol. The lowest BCUT2D eigenvalue weighted by Crippen LogP contribution is -2.31. The van der Waals surface area contributed by atoms with Gasteiger partial charge in [-0.15, -0.1) is 0 Å². The van der Waals surface area contributed by atoms with Crippen molar-refractivity contribution >= 4 is 46.0 Å². The standard InChI is InChI=1S/C19H15Cl2NO4/c1-11(16-9-12-5-2-3-8-15(12)26-16)22-17(23)10-25-19(24)13-6-4-7-14(20)18(13)21/h2-9,11H,10H2,1H3,(H,22,23)/t11-/m0/s1. The largest absolute Gasteiger partial charge is 0.459 e. The highest BCUT2D eigenvalue weighted by Crippen LogP contribution is 2.26. The van der Waals surface area contributed by atoms with Gasteiger partial charge in [-0.1, -0.05) is 47.5 Å². The molecule has 2 aromatic carbocycles. The number of ether oxygens (including phenoxy) is 1. The van der Waals surface area contributed by atoms with Crippen molar-refractivity contribution < 1.29 is 18.7 Å². The number of rotatable bonds is 5. The number of fused-ring (bicyclic) bond motifs is 1. The first kappa shape index (κ1) is 18.3. The number of carbonyl (C=O) groups excluding carboxylic acids is 2. The zero-order chi connectivity index (χ0) is 18.7. The van der Waals surface area contributed by atoms with Crippen LogP contribution in [-0.4, -0.2) is 18.5 Å². The summed E-state index contributed by atoms with van der Waals surface area (Å²) in [7, 11) is 0. The second kappa shape index (κ2) is 7.81. The van der Waals surface area contributed by atoms with Crippen molar-refractivity contribution in [3.8, 4) is 0 Å². The predicted octanol–water partition coefficient (Wildman–Crippen LogP) is 4.77. The highest BCUT2D eigenvalue weighted by atomic mass is 35.5. The molecule has 3 rings (SSSR count). The minimum Gasteiger partial charge on any atom is -0.459 e. The normalized spacial score (nSPS) is 12.0. The van der Waals surface area contributed by atoms with Crippen molar-refractivity contribution in [2.24, 2.45) is 0 Å². The molecule has 0 bridgehead atoms. The molecule has 0 saturated carbocycles. The highest BCUT2D eigenvalue weighted by Gasteiger charge is 2.18. The third-order valence-electron chi connectivity index (χ3n) is 3.75. The Hall–Kier alpha value is -2.50. The summed E-state index contributed by atoms with van der Waals surface area (Å²) in [5, 5.41) is 4.00. The van der Waals surface area contributed by atoms with E-state index < -0.39 is 18.5 Å². The third kappa shape index (κ3) is 4.00. The van der Waals surface area contributed by atoms with Crippen molar-refractivity contribution in [2.45, 2.75) is 13.0 Å². The van der Waals surface area contributed by atoms with Gasteiger partial charge < -0.3 is 14.5 Å². The van der Waals surface area contributed by atoms with Crippen LogP contribution in [0.5, 0.6) is 0 Å². The van der Waals surface area contributed by atoms with Crippen LogP contribution in [0.25, 0.3) is 11.0 Å². The van der Waals surface area contributed by atoms with Gasteiger partial charge in [-0.2, -0.15) is 0 Å². The molecule has 0 fully saturated rings. The maximum Gasteiger partial charge on any atom is 0.340 e. The molecule has 0 aliphatic rings. The van der Waals surface area contributed by atoms with Crippen molar-refractivity contribution in [3.05, 3.63) is 69.9 Å². The van der Waals surface area contributed by atoms with Crippen LogP contribution in [0.15, 0.2) is 52.9 Å². The maximum absolute atomic E-state index is 12.0. The van der Waals surface area contributed by atoms with E-state index in [1.54, 1.807) is 19.1 Å². The molecule has 1 amide bonds. The van der Waals surface area contributed by atoms with Gasteiger partial charge in [0.1, 0.15) is 11.3 Å². The minimum absolute atomic E-state index is 0.0928. The number of carbonyl (C=O) groups is 2. The Morgan fingerprint density at radius 3 is 2.69 bits per heavy atom. The van der Waals surface area contributed by atoms with Crippen molar-refractivity contribution in [3.63, 3.8) is 0 Å². The summed E-state index contributed by atoms with van der Waals surface area (Å²) in [5.74, 6) is -0.558. The van der Waals surface area contributed by atoms with Gasteiger partial charge >= 0.3 is 5.97 Å². The first-order chi connectivity index (χ1) is 12.5. The number of esters is 1. The van der Waals surface area contributed by atoms with Crippen LogP contribution in [0.2, 0.25) is 10.0 Å². The van der Waals surface area contributed by atoms with Gasteiger partial charge in [-0.25, -0.2) is 4.79 Å². The van der Waals surface area contributed by atoms with Gasteiger partial charge in [0, 0.05) is 5.39 Å². The fourth-order valence-corrected chi connectivity index (χ4v) is 2.82. The van der Waals surface area contributed by atoms with Crippen LogP contribution in [0, 0.1) is 0 Å². The summed E-state index contributed by atoms with van der Waals surface area (Å²) in [6.45, 7) is 1.34. The second-order valence-electron chi connectivity index (χ2n) is 5.65. The number of hydrogen-bond acceptors (Lipinski definition) is 4. The number of benzene rings is 2. The van der Waals surface area contributed by atoms with Crippen LogP contribution in [0.1, 0.15) is 29.1 Å². The Bertz CT molecular complexity index is 934. The van der Waals surface area contributed by atoms with E-state index in [1.165, 1.54) is 6.07 Å². The zero-order valence-electron chi connectivity index (χ0n) is 13.8. The molecule has 0 saturated heterocycles. The second-order valence-corrected chi connectivity index (χ2v) is 6.44. The van der Waals surface area contributed by atoms with Crippen LogP contribution < -0.4 is 5.32 Å². The fourth-order valence-electron chi connectivity index (χ4n) is 2.44. The predicted molar refractivity (Wildman–Crippen MR) is 99.5 cm³/mol. The number of para-hydroxylation sites is 1. The summed E-state index contributed by atoms with van der Waals surface area (Å²) in [6.07, 6.45) is 0. The molecule has 1 N–H and O–H groups in total. The van der Waals surface area contributed by atoms with E-state index in [-0.39, 0.29) is 21.7 Å². The van der Waals surface area contributed by atoms with Crippen molar-refractivity contribution in [1.82, 2.24) is 5.32 Å². The van der Waals surface area contributed by atoms with E-state index in [4.69, 9.17) is 32.4 Å². The molecule has 5 nitrogen and oxygen atoms in total. The van der Waals surface area contributed by atoms with Gasteiger partial charge in [0.25, 0.3) is 5.91 Å². The van der Waals surface area contributed by atoms with Crippen LogP contribution in [-0.2, 0) is 9.53 Å². The Balaban J connectivity index is 1.58. The molecule has 0 aliphatic heterocycles. The number of nitrogens with one attached hydrogen (secondary N) is 1. The lowest BCUT2D eigenvalue weighted by atomic mass is 10.2. The van der Waals surface area contributed by atoms with Crippen molar-refractivity contribution in [2.75, 3.05) is 6.61 Å². The molecule has 0 unspecified atom stereocenters. The van der Waals surface area contributed by atoms with Gasteiger partial charge in [0.05, 0.1) is 21.7 Å². The van der Waals surface area contributed by atoms with E-state index in [0.29, 0.717) is 5.76 Å². The molecule has 1 atom stereocenters. The highest BCUT2D eigenvalue weighted by molar-refractivity contribution is 6.43. The monoisotopic (exact) mass is 391 g/mol. The van der Waals surface area contributed by atoms with E-state index in [0.717, 1.165) is 11.0 Å². The summed E-state index contributed by atoms with van der Waals surface area (Å²) >= 11 is 11.8. The number of amides is 1. The Morgan fingerprint density at radius 1 is 1.15 bits per heavy atom. The molecular formula is C19H15Cl2NO4. The molecule has 7 heteroatoms. The first-order valence-electron chi connectivity index (χ1n) is 7.84. The third-order valence-corrected chi connectivity index (χ3v) is 4.57.